The van der Waals surface area contributed by atoms with E-state index in [-0.39, 0.29) is 17.7 Å². The molecule has 0 spiro atoms. The summed E-state index contributed by atoms with van der Waals surface area (Å²) in [6.45, 7) is 2.00. The predicted molar refractivity (Wildman–Crippen MR) is 110 cm³/mol. The molecule has 0 aliphatic heterocycles. The van der Waals surface area contributed by atoms with E-state index in [1.165, 1.54) is 0 Å². The molecule has 0 saturated heterocycles. The number of nitrogens with one attached hydrogen (secondary N) is 2. The summed E-state index contributed by atoms with van der Waals surface area (Å²) in [5.74, 6) is 1.02. The van der Waals surface area contributed by atoms with Gasteiger partial charge in [-0.1, -0.05) is 0 Å². The molecule has 5 rings (SSSR count). The van der Waals surface area contributed by atoms with E-state index >= 15 is 0 Å². The number of hydrogen-bond donors (Lipinski definition) is 3. The van der Waals surface area contributed by atoms with Gasteiger partial charge < -0.3 is 11.1 Å². The van der Waals surface area contributed by atoms with Gasteiger partial charge in [0.2, 0.25) is 5.91 Å². The van der Waals surface area contributed by atoms with Crippen LogP contribution >= 0.6 is 0 Å². The second-order valence-corrected chi connectivity index (χ2v) is 7.34. The molecule has 4 N–H and O–H groups in total. The van der Waals surface area contributed by atoms with Gasteiger partial charge in [0.05, 0.1) is 11.9 Å². The molecule has 1 amide bonds. The minimum Gasteiger partial charge on any atom is -0.383 e. The quantitative estimate of drug-likeness (QED) is 0.496. The first-order chi connectivity index (χ1) is 14.1. The summed E-state index contributed by atoms with van der Waals surface area (Å²) in [6.07, 6.45) is 9.59. The van der Waals surface area contributed by atoms with Gasteiger partial charge in [-0.15, -0.1) is 0 Å². The van der Waals surface area contributed by atoms with E-state index in [2.05, 4.69) is 30.5 Å². The van der Waals surface area contributed by atoms with Gasteiger partial charge >= 0.3 is 0 Å². The number of nitrogens with two attached hydrogens (primary N) is 1. The van der Waals surface area contributed by atoms with E-state index in [1.807, 2.05) is 31.3 Å². The number of nitrogens with zero attached hydrogens (tertiary/aromatic N) is 4. The van der Waals surface area contributed by atoms with Gasteiger partial charge in [-0.3, -0.25) is 14.9 Å². The van der Waals surface area contributed by atoms with Gasteiger partial charge in [-0.25, -0.2) is 9.97 Å². The average Bonchev–Trinajstić information content (AvgIpc) is 3.33. The lowest BCUT2D eigenvalue weighted by Crippen LogP contribution is -2.15. The van der Waals surface area contributed by atoms with E-state index < -0.39 is 0 Å². The van der Waals surface area contributed by atoms with Crippen LogP contribution in [-0.2, 0) is 4.79 Å². The Kier molecular flexibility index (Phi) is 3.97. The van der Waals surface area contributed by atoms with Gasteiger partial charge in [-0.05, 0) is 54.0 Å². The Morgan fingerprint density at radius 1 is 1.28 bits per heavy atom. The monoisotopic (exact) mass is 385 g/mol. The lowest BCUT2D eigenvalue weighted by molar-refractivity contribution is -0.117. The van der Waals surface area contributed by atoms with E-state index in [9.17, 15) is 4.79 Å². The van der Waals surface area contributed by atoms with Crippen molar-refractivity contribution in [3.63, 3.8) is 0 Å². The number of pyridine rings is 3. The molecule has 8 heteroatoms. The summed E-state index contributed by atoms with van der Waals surface area (Å²) in [4.78, 5) is 25.6. The van der Waals surface area contributed by atoms with Crippen LogP contribution in [0.4, 0.5) is 11.6 Å². The molecule has 1 aliphatic carbocycles. The van der Waals surface area contributed by atoms with Crippen LogP contribution in [0, 0.1) is 12.8 Å². The summed E-state index contributed by atoms with van der Waals surface area (Å²) in [7, 11) is 0. The summed E-state index contributed by atoms with van der Waals surface area (Å²) in [5, 5.41) is 11.3. The molecule has 1 aliphatic rings. The number of hydrogen-bond acceptors (Lipinski definition) is 6. The molecule has 4 aromatic rings. The molecule has 2 atom stereocenters. The van der Waals surface area contributed by atoms with Crippen molar-refractivity contribution in [3.8, 4) is 11.3 Å². The third-order valence-electron chi connectivity index (χ3n) is 5.39. The standard InChI is InChI=1S/C21H19N7O/c1-11-2-3-23-9-16(11)18-4-12-5-19(24-10-17(12)20(22)27-18)28-21(29)15-6-14(15)13-7-25-26-8-13/h2-5,7-10,14-15H,6H2,1H3,(H2,22,27)(H,25,26)(H,24,28,29)/t14-,15?/m1/s1. The molecule has 4 aromatic heterocycles. The molecule has 0 bridgehead atoms. The molecular weight excluding hydrogens is 366 g/mol. The predicted octanol–water partition coefficient (Wildman–Crippen LogP) is 3.05. The fraction of sp³-hybridized carbons (Fsp3) is 0.190. The number of aryl methyl sites for hydroxylation is 1. The van der Waals surface area contributed by atoms with Crippen LogP contribution in [0.15, 0.2) is 49.2 Å². The molecule has 1 fully saturated rings. The van der Waals surface area contributed by atoms with E-state index in [0.29, 0.717) is 11.6 Å². The SMILES string of the molecule is Cc1ccncc1-c1cc2cc(NC(=O)C3C[C@@H]3c3cn[nH]c3)ncc2c(N)n1. The van der Waals surface area contributed by atoms with Gasteiger partial charge in [0.25, 0.3) is 0 Å². The van der Waals surface area contributed by atoms with Crippen LogP contribution in [0.2, 0.25) is 0 Å². The van der Waals surface area contributed by atoms with Gasteiger partial charge in [0.15, 0.2) is 0 Å². The number of amides is 1. The third kappa shape index (κ3) is 3.18. The largest absolute Gasteiger partial charge is 0.383 e. The van der Waals surface area contributed by atoms with Crippen LogP contribution in [0.3, 0.4) is 0 Å². The van der Waals surface area contributed by atoms with Crippen LogP contribution < -0.4 is 11.1 Å². The van der Waals surface area contributed by atoms with Crippen LogP contribution in [0.5, 0.6) is 0 Å². The number of rotatable bonds is 4. The summed E-state index contributed by atoms with van der Waals surface area (Å²) >= 11 is 0. The highest BCUT2D eigenvalue weighted by Crippen LogP contribution is 2.47. The van der Waals surface area contributed by atoms with Crippen molar-refractivity contribution in [1.29, 1.82) is 0 Å². The van der Waals surface area contributed by atoms with Gasteiger partial charge in [0, 0.05) is 41.7 Å². The molecule has 4 heterocycles. The van der Waals surface area contributed by atoms with E-state index in [4.69, 9.17) is 5.73 Å². The first-order valence-corrected chi connectivity index (χ1v) is 9.37. The molecule has 1 unspecified atom stereocenters. The molecule has 29 heavy (non-hydrogen) atoms. The van der Waals surface area contributed by atoms with Crippen LogP contribution in [0.1, 0.15) is 23.5 Å². The number of anilines is 2. The zero-order valence-electron chi connectivity index (χ0n) is 15.8. The van der Waals surface area contributed by atoms with Gasteiger partial charge in [-0.2, -0.15) is 5.10 Å². The van der Waals surface area contributed by atoms with Gasteiger partial charge in [0.1, 0.15) is 11.6 Å². The fourth-order valence-corrected chi connectivity index (χ4v) is 3.65. The first-order valence-electron chi connectivity index (χ1n) is 9.37. The van der Waals surface area contributed by atoms with Crippen molar-refractivity contribution in [2.24, 2.45) is 5.92 Å². The Morgan fingerprint density at radius 2 is 2.17 bits per heavy atom. The number of aromatic nitrogens is 5. The fourth-order valence-electron chi connectivity index (χ4n) is 3.65. The normalized spacial score (nSPS) is 18.0. The zero-order chi connectivity index (χ0) is 20.0. The lowest BCUT2D eigenvalue weighted by atomic mass is 10.1. The number of fused-ring (bicyclic) bond motifs is 1. The zero-order valence-corrected chi connectivity index (χ0v) is 15.8. The minimum absolute atomic E-state index is 0.0339. The highest BCUT2D eigenvalue weighted by Gasteiger charge is 2.44. The van der Waals surface area contributed by atoms with E-state index in [0.717, 1.165) is 39.6 Å². The maximum Gasteiger partial charge on any atom is 0.229 e. The number of carbonyl (C=O) groups is 1. The Balaban J connectivity index is 1.42. The minimum atomic E-state index is -0.0544. The average molecular weight is 385 g/mol. The second kappa shape index (κ2) is 6.66. The maximum absolute atomic E-state index is 12.6. The van der Waals surface area contributed by atoms with Crippen LogP contribution in [0.25, 0.3) is 22.0 Å². The van der Waals surface area contributed by atoms with Crippen molar-refractivity contribution in [2.75, 3.05) is 11.1 Å². The molecule has 1 saturated carbocycles. The molecule has 0 aromatic carbocycles. The van der Waals surface area contributed by atoms with Crippen molar-refractivity contribution < 1.29 is 4.79 Å². The lowest BCUT2D eigenvalue weighted by Gasteiger charge is -2.10. The smallest absolute Gasteiger partial charge is 0.229 e. The van der Waals surface area contributed by atoms with Crippen molar-refractivity contribution in [2.45, 2.75) is 19.3 Å². The Labute approximate surface area is 166 Å². The van der Waals surface area contributed by atoms with Crippen molar-refractivity contribution in [3.05, 3.63) is 60.3 Å². The number of aromatic amines is 1. The molecule has 0 radical (unpaired) electrons. The molecular formula is C21H19N7O. The summed E-state index contributed by atoms with van der Waals surface area (Å²) in [6, 6.07) is 5.70. The highest BCUT2D eigenvalue weighted by molar-refractivity contribution is 5.98. The third-order valence-corrected chi connectivity index (χ3v) is 5.39. The highest BCUT2D eigenvalue weighted by atomic mass is 16.2. The maximum atomic E-state index is 12.6. The van der Waals surface area contributed by atoms with Crippen LogP contribution in [-0.4, -0.2) is 31.1 Å². The summed E-state index contributed by atoms with van der Waals surface area (Å²) < 4.78 is 0. The Hall–Kier alpha value is -3.81. The Bertz CT molecular complexity index is 1220. The number of nitrogen functional groups attached to an aromatic ring is 1. The molecule has 144 valence electrons. The van der Waals surface area contributed by atoms with Crippen molar-refractivity contribution in [1.82, 2.24) is 25.1 Å². The summed E-state index contributed by atoms with van der Waals surface area (Å²) in [5.41, 5.74) is 9.95. The number of carbonyl (C=O) groups excluding carboxylic acids is 1. The molecule has 8 nitrogen and oxygen atoms in total. The number of H-pyrrole nitrogens is 1. The topological polar surface area (TPSA) is 122 Å². The first kappa shape index (κ1) is 17.3. The van der Waals surface area contributed by atoms with Crippen molar-refractivity contribution >= 4 is 28.3 Å². The van der Waals surface area contributed by atoms with E-state index in [1.54, 1.807) is 24.8 Å². The second-order valence-electron chi connectivity index (χ2n) is 7.34. The Morgan fingerprint density at radius 3 is 2.97 bits per heavy atom.